The number of hydrogen-bond acceptors (Lipinski definition) is 5. The minimum absolute atomic E-state index is 0.197. The average Bonchev–Trinajstić information content (AvgIpc) is 3.12. The summed E-state index contributed by atoms with van der Waals surface area (Å²) in [5.74, 6) is 1.40. The number of likely N-dealkylation sites (tertiary alicyclic amines) is 1. The van der Waals surface area contributed by atoms with Gasteiger partial charge < -0.3 is 19.5 Å². The lowest BCUT2D eigenvalue weighted by Crippen LogP contribution is -2.34. The highest BCUT2D eigenvalue weighted by Gasteiger charge is 2.18. The lowest BCUT2D eigenvalue weighted by atomic mass is 10.1. The van der Waals surface area contributed by atoms with Gasteiger partial charge in [0.2, 0.25) is 5.91 Å². The SMILES string of the molecule is Cc1noc(C)c1COc1ccc(C(=O)Nc2cccc(CN3CCCCC3=O)c2)cc1. The number of amides is 2. The fourth-order valence-electron chi connectivity index (χ4n) is 3.77. The Morgan fingerprint density at radius 2 is 1.97 bits per heavy atom. The van der Waals surface area contributed by atoms with Crippen LogP contribution >= 0.6 is 0 Å². The van der Waals surface area contributed by atoms with E-state index in [9.17, 15) is 9.59 Å². The summed E-state index contributed by atoms with van der Waals surface area (Å²) in [6.07, 6.45) is 2.63. The number of nitrogens with one attached hydrogen (secondary N) is 1. The Balaban J connectivity index is 1.35. The van der Waals surface area contributed by atoms with Crippen molar-refractivity contribution < 1.29 is 18.8 Å². The van der Waals surface area contributed by atoms with Crippen LogP contribution in [-0.4, -0.2) is 28.4 Å². The Hall–Kier alpha value is -3.61. The lowest BCUT2D eigenvalue weighted by Gasteiger charge is -2.26. The first-order chi connectivity index (χ1) is 15.5. The summed E-state index contributed by atoms with van der Waals surface area (Å²) in [5.41, 5.74) is 3.98. The predicted molar refractivity (Wildman–Crippen MR) is 120 cm³/mol. The number of benzene rings is 2. The first-order valence-electron chi connectivity index (χ1n) is 10.8. The second-order valence-corrected chi connectivity index (χ2v) is 8.04. The van der Waals surface area contributed by atoms with Crippen LogP contribution in [0.3, 0.4) is 0 Å². The first kappa shape index (κ1) is 21.6. The molecule has 1 fully saturated rings. The molecule has 0 aliphatic carbocycles. The highest BCUT2D eigenvalue weighted by atomic mass is 16.5. The smallest absolute Gasteiger partial charge is 0.255 e. The number of aryl methyl sites for hydroxylation is 2. The third-order valence-corrected chi connectivity index (χ3v) is 5.66. The van der Waals surface area contributed by atoms with Gasteiger partial charge in [-0.15, -0.1) is 0 Å². The van der Waals surface area contributed by atoms with Crippen LogP contribution in [0.4, 0.5) is 5.69 Å². The summed E-state index contributed by atoms with van der Waals surface area (Å²) in [6, 6.07) is 14.6. The molecule has 2 amide bonds. The molecule has 0 spiro atoms. The van der Waals surface area contributed by atoms with E-state index in [0.717, 1.165) is 42.0 Å². The molecule has 0 unspecified atom stereocenters. The molecule has 166 valence electrons. The number of rotatable bonds is 7. The molecule has 1 aliphatic rings. The number of nitrogens with zero attached hydrogens (tertiary/aromatic N) is 2. The van der Waals surface area contributed by atoms with Crippen LogP contribution in [0.15, 0.2) is 53.1 Å². The summed E-state index contributed by atoms with van der Waals surface area (Å²) in [4.78, 5) is 26.6. The van der Waals surface area contributed by atoms with Gasteiger partial charge in [-0.3, -0.25) is 9.59 Å². The molecule has 4 rings (SSSR count). The average molecular weight is 434 g/mol. The summed E-state index contributed by atoms with van der Waals surface area (Å²) in [6.45, 7) is 5.45. The number of carbonyl (C=O) groups is 2. The Kier molecular flexibility index (Phi) is 6.54. The molecular weight excluding hydrogens is 406 g/mol. The van der Waals surface area contributed by atoms with E-state index in [1.807, 2.05) is 43.0 Å². The van der Waals surface area contributed by atoms with E-state index in [0.29, 0.717) is 36.6 Å². The van der Waals surface area contributed by atoms with E-state index in [1.165, 1.54) is 0 Å². The van der Waals surface area contributed by atoms with Crippen LogP contribution in [0.25, 0.3) is 0 Å². The largest absolute Gasteiger partial charge is 0.489 e. The fraction of sp³-hybridized carbons (Fsp3) is 0.320. The molecule has 32 heavy (non-hydrogen) atoms. The van der Waals surface area contributed by atoms with Gasteiger partial charge in [0, 0.05) is 30.8 Å². The predicted octanol–water partition coefficient (Wildman–Crippen LogP) is 4.64. The number of carbonyl (C=O) groups excluding carboxylic acids is 2. The van der Waals surface area contributed by atoms with Gasteiger partial charge in [-0.05, 0) is 68.7 Å². The van der Waals surface area contributed by atoms with Gasteiger partial charge in [0.1, 0.15) is 18.1 Å². The molecule has 7 heteroatoms. The van der Waals surface area contributed by atoms with Crippen molar-refractivity contribution in [2.45, 2.75) is 46.3 Å². The van der Waals surface area contributed by atoms with Gasteiger partial charge >= 0.3 is 0 Å². The van der Waals surface area contributed by atoms with E-state index >= 15 is 0 Å². The monoisotopic (exact) mass is 433 g/mol. The summed E-state index contributed by atoms with van der Waals surface area (Å²) < 4.78 is 10.9. The van der Waals surface area contributed by atoms with Crippen LogP contribution in [-0.2, 0) is 17.9 Å². The number of anilines is 1. The molecule has 0 saturated carbocycles. The zero-order chi connectivity index (χ0) is 22.5. The Bertz CT molecular complexity index is 1090. The fourth-order valence-corrected chi connectivity index (χ4v) is 3.77. The summed E-state index contributed by atoms with van der Waals surface area (Å²) in [7, 11) is 0. The third-order valence-electron chi connectivity index (χ3n) is 5.66. The highest BCUT2D eigenvalue weighted by Crippen LogP contribution is 2.20. The van der Waals surface area contributed by atoms with Crippen molar-refractivity contribution in [1.29, 1.82) is 0 Å². The second kappa shape index (κ2) is 9.68. The summed E-state index contributed by atoms with van der Waals surface area (Å²) in [5, 5.41) is 6.85. The van der Waals surface area contributed by atoms with E-state index in [4.69, 9.17) is 9.26 Å². The standard InChI is InChI=1S/C25H27N3O4/c1-17-23(18(2)32-27-17)16-31-22-11-9-20(10-12-22)25(30)26-21-7-5-6-19(14-21)15-28-13-4-3-8-24(28)29/h5-7,9-12,14H,3-4,8,13,15-16H2,1-2H3,(H,26,30). The maximum Gasteiger partial charge on any atom is 0.255 e. The van der Waals surface area contributed by atoms with Crippen LogP contribution < -0.4 is 10.1 Å². The molecule has 2 aromatic carbocycles. The highest BCUT2D eigenvalue weighted by molar-refractivity contribution is 6.04. The van der Waals surface area contributed by atoms with Crippen molar-refractivity contribution in [3.05, 3.63) is 76.7 Å². The van der Waals surface area contributed by atoms with E-state index < -0.39 is 0 Å². The van der Waals surface area contributed by atoms with Gasteiger partial charge in [-0.2, -0.15) is 0 Å². The first-order valence-corrected chi connectivity index (χ1v) is 10.8. The molecule has 3 aromatic rings. The Labute approximate surface area is 187 Å². The molecule has 0 atom stereocenters. The third kappa shape index (κ3) is 5.17. The number of aromatic nitrogens is 1. The van der Waals surface area contributed by atoms with Gasteiger partial charge in [-0.25, -0.2) is 0 Å². The Morgan fingerprint density at radius 1 is 1.16 bits per heavy atom. The molecule has 7 nitrogen and oxygen atoms in total. The molecule has 1 N–H and O–H groups in total. The van der Waals surface area contributed by atoms with Crippen molar-refractivity contribution in [2.75, 3.05) is 11.9 Å². The zero-order valence-corrected chi connectivity index (χ0v) is 18.4. The molecule has 0 radical (unpaired) electrons. The van der Waals surface area contributed by atoms with Crippen molar-refractivity contribution in [3.8, 4) is 5.75 Å². The lowest BCUT2D eigenvalue weighted by molar-refractivity contribution is -0.133. The van der Waals surface area contributed by atoms with Crippen LogP contribution in [0.1, 0.15) is 52.2 Å². The van der Waals surface area contributed by atoms with Crippen LogP contribution in [0.5, 0.6) is 5.75 Å². The molecule has 1 saturated heterocycles. The minimum atomic E-state index is -0.200. The topological polar surface area (TPSA) is 84.7 Å². The van der Waals surface area contributed by atoms with Crippen LogP contribution in [0, 0.1) is 13.8 Å². The molecule has 1 aliphatic heterocycles. The van der Waals surface area contributed by atoms with E-state index in [1.54, 1.807) is 24.3 Å². The normalized spacial score (nSPS) is 13.8. The molecule has 1 aromatic heterocycles. The minimum Gasteiger partial charge on any atom is -0.489 e. The number of ether oxygens (including phenoxy) is 1. The van der Waals surface area contributed by atoms with Gasteiger partial charge in [0.05, 0.1) is 11.3 Å². The van der Waals surface area contributed by atoms with Crippen molar-refractivity contribution in [1.82, 2.24) is 10.1 Å². The van der Waals surface area contributed by atoms with Gasteiger partial charge in [0.25, 0.3) is 5.91 Å². The number of piperidine rings is 1. The quantitative estimate of drug-likeness (QED) is 0.587. The number of hydrogen-bond donors (Lipinski definition) is 1. The second-order valence-electron chi connectivity index (χ2n) is 8.04. The molecule has 2 heterocycles. The van der Waals surface area contributed by atoms with Crippen LogP contribution in [0.2, 0.25) is 0 Å². The van der Waals surface area contributed by atoms with Crippen molar-refractivity contribution in [2.24, 2.45) is 0 Å². The zero-order valence-electron chi connectivity index (χ0n) is 18.4. The molecular formula is C25H27N3O4. The maximum atomic E-state index is 12.7. The van der Waals surface area contributed by atoms with Gasteiger partial charge in [-0.1, -0.05) is 17.3 Å². The van der Waals surface area contributed by atoms with Gasteiger partial charge in [0.15, 0.2) is 0 Å². The Morgan fingerprint density at radius 3 is 2.69 bits per heavy atom. The van der Waals surface area contributed by atoms with Crippen molar-refractivity contribution >= 4 is 17.5 Å². The maximum absolute atomic E-state index is 12.7. The summed E-state index contributed by atoms with van der Waals surface area (Å²) >= 11 is 0. The molecule has 0 bridgehead atoms. The van der Waals surface area contributed by atoms with E-state index in [2.05, 4.69) is 10.5 Å². The van der Waals surface area contributed by atoms with E-state index in [-0.39, 0.29) is 11.8 Å². The van der Waals surface area contributed by atoms with Crippen molar-refractivity contribution in [3.63, 3.8) is 0 Å².